The van der Waals surface area contributed by atoms with Crippen molar-refractivity contribution in [3.8, 4) is 0 Å². The summed E-state index contributed by atoms with van der Waals surface area (Å²) in [4.78, 5) is 10.1. The Labute approximate surface area is 52.6 Å². The topological polar surface area (TPSA) is 61.4 Å². The van der Waals surface area contributed by atoms with Gasteiger partial charge in [0.05, 0.1) is 5.37 Å². The highest BCUT2D eigenvalue weighted by Crippen LogP contribution is 1.83. The number of carbonyl (C=O) groups is 1. The second-order valence-electron chi connectivity index (χ2n) is 1.26. The van der Waals surface area contributed by atoms with Crippen molar-refractivity contribution in [2.24, 2.45) is 0 Å². The minimum absolute atomic E-state index is 0.248. The first-order valence-electron chi connectivity index (χ1n) is 2.05. The number of hydrogen-bond acceptors (Lipinski definition) is 3. The lowest BCUT2D eigenvalue weighted by atomic mass is 10.7. The molecule has 0 spiro atoms. The van der Waals surface area contributed by atoms with Gasteiger partial charge < -0.3 is 5.32 Å². The molecule has 5 heteroatoms. The largest absolute Gasteiger partial charge is 0.339 e. The fourth-order valence-corrected chi connectivity index (χ4v) is 0.339. The van der Waals surface area contributed by atoms with Gasteiger partial charge in [-0.2, -0.15) is 12.6 Å². The molecular weight excluding hydrogens is 128 g/mol. The maximum absolute atomic E-state index is 10.1. The SMILES string of the molecule is CC(S)NC(=O)NO. The predicted molar refractivity (Wildman–Crippen MR) is 31.9 cm³/mol. The molecule has 0 rings (SSSR count). The van der Waals surface area contributed by atoms with E-state index in [0.29, 0.717) is 0 Å². The summed E-state index contributed by atoms with van der Waals surface area (Å²) in [6, 6.07) is -0.646. The van der Waals surface area contributed by atoms with Crippen LogP contribution in [0.15, 0.2) is 0 Å². The molecule has 1 atom stereocenters. The lowest BCUT2D eigenvalue weighted by Gasteiger charge is -2.03. The Morgan fingerprint density at radius 3 is 2.50 bits per heavy atom. The van der Waals surface area contributed by atoms with Gasteiger partial charge in [0.15, 0.2) is 0 Å². The Balaban J connectivity index is 3.25. The Morgan fingerprint density at radius 2 is 2.38 bits per heavy atom. The molecular formula is C3H8N2O2S. The molecule has 0 aliphatic rings. The zero-order chi connectivity index (χ0) is 6.57. The van der Waals surface area contributed by atoms with Gasteiger partial charge in [-0.15, -0.1) is 0 Å². The van der Waals surface area contributed by atoms with Gasteiger partial charge in [-0.05, 0) is 6.92 Å². The number of hydroxylamine groups is 1. The van der Waals surface area contributed by atoms with Gasteiger partial charge >= 0.3 is 6.03 Å². The number of carbonyl (C=O) groups excluding carboxylic acids is 1. The highest BCUT2D eigenvalue weighted by atomic mass is 32.1. The van der Waals surface area contributed by atoms with Crippen molar-refractivity contribution in [2.75, 3.05) is 0 Å². The van der Waals surface area contributed by atoms with Crippen LogP contribution in [0.3, 0.4) is 0 Å². The van der Waals surface area contributed by atoms with Gasteiger partial charge in [-0.1, -0.05) is 0 Å². The van der Waals surface area contributed by atoms with Crippen LogP contribution in [0.4, 0.5) is 4.79 Å². The first kappa shape index (κ1) is 7.58. The molecule has 0 saturated carbocycles. The highest BCUT2D eigenvalue weighted by Gasteiger charge is 1.97. The highest BCUT2D eigenvalue weighted by molar-refractivity contribution is 7.80. The second kappa shape index (κ2) is 3.57. The van der Waals surface area contributed by atoms with E-state index >= 15 is 0 Å². The number of rotatable bonds is 1. The van der Waals surface area contributed by atoms with E-state index in [1.165, 1.54) is 5.48 Å². The van der Waals surface area contributed by atoms with E-state index in [1.807, 2.05) is 0 Å². The van der Waals surface area contributed by atoms with Crippen molar-refractivity contribution in [1.82, 2.24) is 10.8 Å². The number of hydrogen-bond donors (Lipinski definition) is 4. The number of thiol groups is 1. The van der Waals surface area contributed by atoms with Crippen LogP contribution in [-0.4, -0.2) is 16.6 Å². The van der Waals surface area contributed by atoms with Crippen molar-refractivity contribution in [2.45, 2.75) is 12.3 Å². The van der Waals surface area contributed by atoms with E-state index in [0.717, 1.165) is 0 Å². The second-order valence-corrected chi connectivity index (χ2v) is 2.04. The summed E-state index contributed by atoms with van der Waals surface area (Å²) in [6.45, 7) is 1.67. The first-order chi connectivity index (χ1) is 3.66. The van der Waals surface area contributed by atoms with E-state index in [4.69, 9.17) is 5.21 Å². The van der Waals surface area contributed by atoms with Crippen LogP contribution in [0.5, 0.6) is 0 Å². The lowest BCUT2D eigenvalue weighted by Crippen LogP contribution is -2.36. The Hall–Kier alpha value is -0.420. The van der Waals surface area contributed by atoms with E-state index < -0.39 is 6.03 Å². The third-order valence-corrected chi connectivity index (χ3v) is 0.571. The maximum atomic E-state index is 10.1. The molecule has 48 valence electrons. The fourth-order valence-electron chi connectivity index (χ4n) is 0.222. The van der Waals surface area contributed by atoms with Crippen molar-refractivity contribution < 1.29 is 10.0 Å². The van der Waals surface area contributed by atoms with Crippen LogP contribution in [0, 0.1) is 0 Å². The third-order valence-electron chi connectivity index (χ3n) is 0.442. The molecule has 2 amide bonds. The summed E-state index contributed by atoms with van der Waals surface area (Å²) in [6.07, 6.45) is 0. The summed E-state index contributed by atoms with van der Waals surface area (Å²) >= 11 is 3.81. The summed E-state index contributed by atoms with van der Waals surface area (Å²) < 4.78 is 0. The maximum Gasteiger partial charge on any atom is 0.339 e. The molecule has 1 unspecified atom stereocenters. The van der Waals surface area contributed by atoms with Crippen molar-refractivity contribution in [3.05, 3.63) is 0 Å². The van der Waals surface area contributed by atoms with Crippen LogP contribution in [0.2, 0.25) is 0 Å². The quantitative estimate of drug-likeness (QED) is 0.177. The van der Waals surface area contributed by atoms with E-state index in [-0.39, 0.29) is 5.37 Å². The molecule has 0 fully saturated rings. The van der Waals surface area contributed by atoms with Gasteiger partial charge in [-0.3, -0.25) is 5.21 Å². The molecule has 0 aromatic rings. The summed E-state index contributed by atoms with van der Waals surface area (Å²) in [5.41, 5.74) is 1.40. The number of nitrogens with one attached hydrogen (secondary N) is 2. The van der Waals surface area contributed by atoms with Gasteiger partial charge in [0.25, 0.3) is 0 Å². The molecule has 0 aromatic carbocycles. The predicted octanol–water partition coefficient (Wildman–Crippen LogP) is -0.0494. The van der Waals surface area contributed by atoms with E-state index in [9.17, 15) is 4.79 Å². The zero-order valence-electron chi connectivity index (χ0n) is 4.38. The van der Waals surface area contributed by atoms with Gasteiger partial charge in [-0.25, -0.2) is 10.3 Å². The fraction of sp³-hybridized carbons (Fsp3) is 0.667. The normalized spacial score (nSPS) is 12.4. The van der Waals surface area contributed by atoms with E-state index in [2.05, 4.69) is 17.9 Å². The van der Waals surface area contributed by atoms with Crippen molar-refractivity contribution >= 4 is 18.7 Å². The first-order valence-corrected chi connectivity index (χ1v) is 2.57. The average molecular weight is 136 g/mol. The average Bonchev–Trinajstić information content (AvgIpc) is 1.65. The van der Waals surface area contributed by atoms with Crippen LogP contribution in [-0.2, 0) is 0 Å². The smallest absolute Gasteiger partial charge is 0.325 e. The van der Waals surface area contributed by atoms with Crippen LogP contribution >= 0.6 is 12.6 Å². The number of amides is 2. The van der Waals surface area contributed by atoms with Crippen LogP contribution < -0.4 is 10.8 Å². The van der Waals surface area contributed by atoms with Gasteiger partial charge in [0, 0.05) is 0 Å². The monoisotopic (exact) mass is 136 g/mol. The molecule has 0 heterocycles. The van der Waals surface area contributed by atoms with Crippen LogP contribution in [0.25, 0.3) is 0 Å². The molecule has 0 aliphatic carbocycles. The Morgan fingerprint density at radius 1 is 1.88 bits per heavy atom. The molecule has 8 heavy (non-hydrogen) atoms. The minimum atomic E-state index is -0.646. The summed E-state index contributed by atoms with van der Waals surface area (Å²) in [5, 5.41) is 9.90. The standard InChI is InChI=1S/C3H8N2O2S/c1-2(8)4-3(6)5-7/h2,7-8H,1H3,(H2,4,5,6). The molecule has 0 aromatic heterocycles. The van der Waals surface area contributed by atoms with Crippen molar-refractivity contribution in [3.63, 3.8) is 0 Å². The Bertz CT molecular complexity index is 85.4. The molecule has 0 radical (unpaired) electrons. The molecule has 4 nitrogen and oxygen atoms in total. The Kier molecular flexibility index (Phi) is 3.38. The summed E-state index contributed by atoms with van der Waals surface area (Å²) in [5.74, 6) is 0. The van der Waals surface area contributed by atoms with Crippen LogP contribution in [0.1, 0.15) is 6.92 Å². The van der Waals surface area contributed by atoms with Gasteiger partial charge in [0.2, 0.25) is 0 Å². The minimum Gasteiger partial charge on any atom is -0.325 e. The van der Waals surface area contributed by atoms with E-state index in [1.54, 1.807) is 6.92 Å². The van der Waals surface area contributed by atoms with Gasteiger partial charge in [0.1, 0.15) is 0 Å². The molecule has 0 bridgehead atoms. The lowest BCUT2D eigenvalue weighted by molar-refractivity contribution is 0.161. The zero-order valence-corrected chi connectivity index (χ0v) is 5.27. The molecule has 3 N–H and O–H groups in total. The molecule has 0 saturated heterocycles. The number of urea groups is 1. The molecule has 0 aliphatic heterocycles. The third kappa shape index (κ3) is 3.76. The van der Waals surface area contributed by atoms with Crippen molar-refractivity contribution in [1.29, 1.82) is 0 Å². The summed E-state index contributed by atoms with van der Waals surface area (Å²) in [7, 11) is 0.